The number of amidine groups is 1. The molecule has 2 aromatic heterocycles. The minimum Gasteiger partial charge on any atom is -0.487 e. The summed E-state index contributed by atoms with van der Waals surface area (Å²) in [4.78, 5) is 21.6. The third-order valence-electron chi connectivity index (χ3n) is 6.64. The zero-order valence-corrected chi connectivity index (χ0v) is 25.1. The van der Waals surface area contributed by atoms with E-state index in [2.05, 4.69) is 4.98 Å². The summed E-state index contributed by atoms with van der Waals surface area (Å²) in [5, 5.41) is 9.01. The van der Waals surface area contributed by atoms with Crippen LogP contribution in [0.1, 0.15) is 23.7 Å². The summed E-state index contributed by atoms with van der Waals surface area (Å²) in [6.07, 6.45) is 1.53. The second-order valence-electron chi connectivity index (χ2n) is 9.51. The first-order valence-corrected chi connectivity index (χ1v) is 14.6. The van der Waals surface area contributed by atoms with E-state index >= 15 is 0 Å². The predicted molar refractivity (Wildman–Crippen MR) is 168 cm³/mol. The van der Waals surface area contributed by atoms with Gasteiger partial charge in [-0.05, 0) is 74.0 Å². The Hall–Kier alpha value is -4.74. The predicted octanol–water partition coefficient (Wildman–Crippen LogP) is 5.13. The van der Waals surface area contributed by atoms with Crippen molar-refractivity contribution in [1.29, 1.82) is 5.41 Å². The van der Waals surface area contributed by atoms with Crippen LogP contribution in [-0.4, -0.2) is 43.3 Å². The van der Waals surface area contributed by atoms with E-state index in [4.69, 9.17) is 25.6 Å². The lowest BCUT2D eigenvalue weighted by Crippen LogP contribution is -2.36. The van der Waals surface area contributed by atoms with Crippen molar-refractivity contribution in [1.82, 2.24) is 9.97 Å². The van der Waals surface area contributed by atoms with Crippen LogP contribution in [0.2, 0.25) is 0 Å². The number of halogens is 1. The zero-order chi connectivity index (χ0) is 29.9. The molecule has 0 aliphatic rings. The van der Waals surface area contributed by atoms with Crippen molar-refractivity contribution in [3.8, 4) is 5.75 Å². The molecular formula is C31H30ClN5O5S. The second-order valence-corrected chi connectivity index (χ2v) is 11.3. The molecule has 43 heavy (non-hydrogen) atoms. The highest BCUT2D eigenvalue weighted by atomic mass is 35.5. The molecule has 0 fully saturated rings. The molecule has 0 radical (unpaired) electrons. The molecular weight excluding hydrogens is 590 g/mol. The van der Waals surface area contributed by atoms with Crippen LogP contribution >= 0.6 is 12.4 Å². The molecule has 3 N–H and O–H groups in total. The van der Waals surface area contributed by atoms with Crippen LogP contribution in [0, 0.1) is 12.3 Å². The highest BCUT2D eigenvalue weighted by molar-refractivity contribution is 7.93. The van der Waals surface area contributed by atoms with Gasteiger partial charge < -0.3 is 15.2 Å². The van der Waals surface area contributed by atoms with Gasteiger partial charge >= 0.3 is 5.97 Å². The van der Waals surface area contributed by atoms with Crippen molar-refractivity contribution in [2.75, 3.05) is 17.5 Å². The van der Waals surface area contributed by atoms with Crippen LogP contribution in [-0.2, 0) is 26.2 Å². The first kappa shape index (κ1) is 31.2. The van der Waals surface area contributed by atoms with Gasteiger partial charge in [0.15, 0.2) is 0 Å². The third kappa shape index (κ3) is 6.68. The van der Waals surface area contributed by atoms with Gasteiger partial charge in [0, 0.05) is 22.5 Å². The van der Waals surface area contributed by atoms with E-state index in [9.17, 15) is 13.2 Å². The van der Waals surface area contributed by atoms with Gasteiger partial charge in [-0.3, -0.25) is 19.5 Å². The summed E-state index contributed by atoms with van der Waals surface area (Å²) < 4.78 is 40.2. The summed E-state index contributed by atoms with van der Waals surface area (Å²) in [6.45, 7) is 3.34. The number of carbonyl (C=O) groups excluding carboxylic acids is 1. The number of para-hydroxylation sites is 1. The molecule has 0 saturated heterocycles. The number of hydrogen-bond donors (Lipinski definition) is 2. The highest BCUT2D eigenvalue weighted by Crippen LogP contribution is 2.31. The zero-order valence-electron chi connectivity index (χ0n) is 23.5. The van der Waals surface area contributed by atoms with Crippen LogP contribution in [0.5, 0.6) is 5.75 Å². The minimum absolute atomic E-state index is 0. The van der Waals surface area contributed by atoms with Gasteiger partial charge in [-0.15, -0.1) is 12.4 Å². The van der Waals surface area contributed by atoms with E-state index in [-0.39, 0.29) is 42.0 Å². The van der Waals surface area contributed by atoms with E-state index in [1.807, 2.05) is 13.0 Å². The molecule has 0 spiro atoms. The Morgan fingerprint density at radius 1 is 1.02 bits per heavy atom. The van der Waals surface area contributed by atoms with Crippen LogP contribution in [0.25, 0.3) is 21.8 Å². The topological polar surface area (TPSA) is 149 Å². The Kier molecular flexibility index (Phi) is 9.47. The van der Waals surface area contributed by atoms with Gasteiger partial charge in [-0.25, -0.2) is 13.4 Å². The van der Waals surface area contributed by atoms with E-state index in [0.29, 0.717) is 33.4 Å². The molecule has 3 aromatic carbocycles. The van der Waals surface area contributed by atoms with Crippen molar-refractivity contribution in [3.05, 3.63) is 102 Å². The number of nitrogens with two attached hydrogens (primary N) is 1. The lowest BCUT2D eigenvalue weighted by atomic mass is 10.1. The number of carbonyl (C=O) groups is 1. The Balaban J connectivity index is 0.00000423. The molecule has 2 heterocycles. The Bertz CT molecular complexity index is 1910. The Morgan fingerprint density at radius 3 is 2.49 bits per heavy atom. The average Bonchev–Trinajstić information content (AvgIpc) is 2.98. The maximum atomic E-state index is 14.1. The monoisotopic (exact) mass is 619 g/mol. The van der Waals surface area contributed by atoms with Gasteiger partial charge in [0.25, 0.3) is 10.0 Å². The number of nitrogens with zero attached hydrogens (tertiary/aromatic N) is 3. The van der Waals surface area contributed by atoms with Crippen molar-refractivity contribution in [2.24, 2.45) is 5.73 Å². The van der Waals surface area contributed by atoms with Crippen LogP contribution in [0.15, 0.2) is 90.0 Å². The van der Waals surface area contributed by atoms with Gasteiger partial charge in [0.05, 0.1) is 29.0 Å². The van der Waals surface area contributed by atoms with Gasteiger partial charge in [0.1, 0.15) is 29.6 Å². The molecule has 5 rings (SSSR count). The van der Waals surface area contributed by atoms with Crippen molar-refractivity contribution in [3.63, 3.8) is 0 Å². The van der Waals surface area contributed by atoms with Gasteiger partial charge in [-0.2, -0.15) is 0 Å². The number of fused-ring (bicyclic) bond motifs is 2. The van der Waals surface area contributed by atoms with Crippen molar-refractivity contribution in [2.45, 2.75) is 25.3 Å². The average molecular weight is 620 g/mol. The standard InChI is InChI=1S/C31H29N5O5S.ClH/c1-3-40-29(37)18-36(42(38,39)28-8-4-6-21-7-5-15-34-30(21)28)24-11-14-26-20(2)16-23(35-27(26)17-24)19-41-25-12-9-22(10-13-25)31(32)33;/h4-17H,3,18-19H2,1-2H3,(H3,32,33);1H. The number of nitrogen functional groups attached to an aromatic ring is 1. The number of aromatic nitrogens is 2. The number of benzene rings is 3. The summed E-state index contributed by atoms with van der Waals surface area (Å²) in [7, 11) is -4.25. The molecule has 0 amide bonds. The molecule has 222 valence electrons. The molecule has 0 aliphatic heterocycles. The number of pyridine rings is 2. The second kappa shape index (κ2) is 13.1. The molecule has 5 aromatic rings. The first-order valence-electron chi connectivity index (χ1n) is 13.2. The quantitative estimate of drug-likeness (QED) is 0.124. The number of nitrogens with one attached hydrogen (secondary N) is 1. The Labute approximate surface area is 255 Å². The van der Waals surface area contributed by atoms with Crippen LogP contribution in [0.4, 0.5) is 5.69 Å². The number of esters is 1. The summed E-state index contributed by atoms with van der Waals surface area (Å²) in [5.41, 5.74) is 8.77. The number of sulfonamides is 1. The highest BCUT2D eigenvalue weighted by Gasteiger charge is 2.30. The molecule has 10 nitrogen and oxygen atoms in total. The number of ether oxygens (including phenoxy) is 2. The largest absolute Gasteiger partial charge is 0.487 e. The fraction of sp³-hybridized carbons (Fsp3) is 0.161. The SMILES string of the molecule is CCOC(=O)CN(c1ccc2c(C)cc(COc3ccc(C(=N)N)cc3)nc2c1)S(=O)(=O)c1cccc2cccnc12.Cl. The van der Waals surface area contributed by atoms with E-state index in [0.717, 1.165) is 15.3 Å². The molecule has 0 atom stereocenters. The molecule has 0 saturated carbocycles. The van der Waals surface area contributed by atoms with Crippen LogP contribution in [0.3, 0.4) is 0 Å². The first-order chi connectivity index (χ1) is 20.2. The normalized spacial score (nSPS) is 11.1. The van der Waals surface area contributed by atoms with E-state index in [1.54, 1.807) is 73.7 Å². The van der Waals surface area contributed by atoms with Crippen LogP contribution < -0.4 is 14.8 Å². The maximum Gasteiger partial charge on any atom is 0.326 e. The lowest BCUT2D eigenvalue weighted by Gasteiger charge is -2.24. The van der Waals surface area contributed by atoms with E-state index in [1.165, 1.54) is 12.3 Å². The molecule has 0 unspecified atom stereocenters. The fourth-order valence-corrected chi connectivity index (χ4v) is 6.19. The minimum atomic E-state index is -4.25. The fourth-order valence-electron chi connectivity index (χ4n) is 4.62. The third-order valence-corrected chi connectivity index (χ3v) is 8.44. The molecule has 0 aliphatic carbocycles. The number of aryl methyl sites for hydroxylation is 1. The Morgan fingerprint density at radius 2 is 1.77 bits per heavy atom. The summed E-state index contributed by atoms with van der Waals surface area (Å²) in [6, 6.07) is 22.2. The van der Waals surface area contributed by atoms with Gasteiger partial charge in [-0.1, -0.05) is 24.3 Å². The molecule has 0 bridgehead atoms. The van der Waals surface area contributed by atoms with Crippen molar-refractivity contribution >= 4 is 61.7 Å². The summed E-state index contributed by atoms with van der Waals surface area (Å²) in [5.74, 6) is -0.125. The number of rotatable bonds is 10. The number of hydrogen-bond acceptors (Lipinski definition) is 8. The summed E-state index contributed by atoms with van der Waals surface area (Å²) >= 11 is 0. The lowest BCUT2D eigenvalue weighted by molar-refractivity contribution is -0.141. The number of anilines is 1. The maximum absolute atomic E-state index is 14.1. The smallest absolute Gasteiger partial charge is 0.326 e. The molecule has 12 heteroatoms. The van der Waals surface area contributed by atoms with Gasteiger partial charge in [0.2, 0.25) is 0 Å². The van der Waals surface area contributed by atoms with Crippen molar-refractivity contribution < 1.29 is 22.7 Å². The van der Waals surface area contributed by atoms with E-state index < -0.39 is 22.5 Å².